The maximum absolute atomic E-state index is 4.64. The first-order valence-electron chi connectivity index (χ1n) is 7.13. The molecule has 0 aliphatic rings. The van der Waals surface area contributed by atoms with Crippen LogP contribution in [0.5, 0.6) is 0 Å². The predicted molar refractivity (Wildman–Crippen MR) is 81.5 cm³/mol. The van der Waals surface area contributed by atoms with Gasteiger partial charge in [0.1, 0.15) is 5.69 Å². The first-order valence-corrected chi connectivity index (χ1v) is 7.13. The maximum Gasteiger partial charge on any atom is 0.100 e. The number of nitrogens with one attached hydrogen (secondary N) is 1. The number of aryl methyl sites for hydroxylation is 2. The maximum atomic E-state index is 4.64. The number of aromatic nitrogens is 4. The minimum Gasteiger partial charge on any atom is -0.313 e. The monoisotopic (exact) mass is 275 g/mol. The fourth-order valence-electron chi connectivity index (χ4n) is 2.19. The van der Waals surface area contributed by atoms with Gasteiger partial charge in [-0.05, 0) is 34.2 Å². The van der Waals surface area contributed by atoms with Gasteiger partial charge in [0.05, 0.1) is 11.2 Å². The highest BCUT2D eigenvalue weighted by Gasteiger charge is 2.20. The zero-order valence-electron chi connectivity index (χ0n) is 13.4. The lowest BCUT2D eigenvalue weighted by Gasteiger charge is -2.18. The van der Waals surface area contributed by atoms with Crippen LogP contribution in [-0.2, 0) is 19.1 Å². The molecule has 0 aliphatic heterocycles. The lowest BCUT2D eigenvalue weighted by atomic mass is 10.1. The highest BCUT2D eigenvalue weighted by Crippen LogP contribution is 2.27. The van der Waals surface area contributed by atoms with Crippen molar-refractivity contribution in [3.8, 4) is 11.3 Å². The van der Waals surface area contributed by atoms with Crippen LogP contribution in [0, 0.1) is 6.92 Å². The van der Waals surface area contributed by atoms with Gasteiger partial charge in [-0.3, -0.25) is 9.36 Å². The molecule has 0 saturated carbocycles. The van der Waals surface area contributed by atoms with Crippen molar-refractivity contribution < 1.29 is 0 Å². The molecular weight excluding hydrogens is 250 g/mol. The average Bonchev–Trinajstić information content (AvgIpc) is 2.89. The molecule has 0 aliphatic carbocycles. The van der Waals surface area contributed by atoms with Crippen LogP contribution in [0.4, 0.5) is 0 Å². The second-order valence-electron chi connectivity index (χ2n) is 6.20. The molecule has 0 radical (unpaired) electrons. The van der Waals surface area contributed by atoms with E-state index in [9.17, 15) is 0 Å². The van der Waals surface area contributed by atoms with E-state index in [0.717, 1.165) is 30.0 Å². The summed E-state index contributed by atoms with van der Waals surface area (Å²) >= 11 is 0. The van der Waals surface area contributed by atoms with Crippen molar-refractivity contribution in [1.29, 1.82) is 0 Å². The Hall–Kier alpha value is -1.62. The van der Waals surface area contributed by atoms with Crippen LogP contribution < -0.4 is 5.32 Å². The van der Waals surface area contributed by atoms with Crippen molar-refractivity contribution >= 4 is 0 Å². The molecule has 5 heteroatoms. The molecule has 2 rings (SSSR count). The van der Waals surface area contributed by atoms with Crippen LogP contribution in [-0.4, -0.2) is 26.1 Å². The van der Waals surface area contributed by atoms with E-state index < -0.39 is 0 Å². The third kappa shape index (κ3) is 2.93. The highest BCUT2D eigenvalue weighted by atomic mass is 15.3. The summed E-state index contributed by atoms with van der Waals surface area (Å²) in [4.78, 5) is 0. The van der Waals surface area contributed by atoms with Gasteiger partial charge in [-0.25, -0.2) is 0 Å². The Morgan fingerprint density at radius 1 is 1.20 bits per heavy atom. The van der Waals surface area contributed by atoms with Crippen molar-refractivity contribution in [3.05, 3.63) is 23.7 Å². The van der Waals surface area contributed by atoms with Crippen molar-refractivity contribution in [2.75, 3.05) is 6.54 Å². The van der Waals surface area contributed by atoms with Gasteiger partial charge >= 0.3 is 0 Å². The van der Waals surface area contributed by atoms with Gasteiger partial charge in [-0.1, -0.05) is 6.92 Å². The van der Waals surface area contributed by atoms with Crippen LogP contribution in [0.3, 0.4) is 0 Å². The molecule has 0 saturated heterocycles. The van der Waals surface area contributed by atoms with Crippen molar-refractivity contribution in [2.24, 2.45) is 7.05 Å². The largest absolute Gasteiger partial charge is 0.313 e. The van der Waals surface area contributed by atoms with Crippen molar-refractivity contribution in [1.82, 2.24) is 24.9 Å². The summed E-state index contributed by atoms with van der Waals surface area (Å²) < 4.78 is 3.89. The Kier molecular flexibility index (Phi) is 3.99. The van der Waals surface area contributed by atoms with E-state index >= 15 is 0 Å². The Balaban J connectivity index is 2.43. The molecule has 0 unspecified atom stereocenters. The minimum atomic E-state index is -0.0143. The fraction of sp³-hybridized carbons (Fsp3) is 0.600. The molecule has 2 aromatic rings. The average molecular weight is 275 g/mol. The lowest BCUT2D eigenvalue weighted by Crippen LogP contribution is -2.22. The molecule has 2 heterocycles. The fourth-order valence-corrected chi connectivity index (χ4v) is 2.19. The van der Waals surface area contributed by atoms with E-state index in [1.54, 1.807) is 0 Å². The third-order valence-electron chi connectivity index (χ3n) is 3.31. The van der Waals surface area contributed by atoms with Gasteiger partial charge in [-0.15, -0.1) is 0 Å². The molecule has 5 nitrogen and oxygen atoms in total. The van der Waals surface area contributed by atoms with Gasteiger partial charge in [-0.2, -0.15) is 10.2 Å². The predicted octanol–water partition coefficient (Wildman–Crippen LogP) is 2.46. The van der Waals surface area contributed by atoms with Gasteiger partial charge < -0.3 is 5.32 Å². The standard InChI is InChI=1S/C15H25N5/c1-7-16-8-12-9-19(6)18-14(12)13-10-20(15(3,4)5)17-11(13)2/h9-10,16H,7-8H2,1-6H3. The zero-order valence-corrected chi connectivity index (χ0v) is 13.4. The summed E-state index contributed by atoms with van der Waals surface area (Å²) in [5.74, 6) is 0. The number of hydrogen-bond donors (Lipinski definition) is 1. The zero-order chi connectivity index (χ0) is 14.9. The summed E-state index contributed by atoms with van der Waals surface area (Å²) in [6.45, 7) is 12.4. The molecule has 0 spiro atoms. The van der Waals surface area contributed by atoms with E-state index in [4.69, 9.17) is 0 Å². The summed E-state index contributed by atoms with van der Waals surface area (Å²) in [5.41, 5.74) is 4.37. The molecule has 1 N–H and O–H groups in total. The van der Waals surface area contributed by atoms with Crippen LogP contribution in [0.15, 0.2) is 12.4 Å². The van der Waals surface area contributed by atoms with Crippen LogP contribution in [0.2, 0.25) is 0 Å². The van der Waals surface area contributed by atoms with E-state index in [2.05, 4.69) is 55.6 Å². The van der Waals surface area contributed by atoms with Crippen LogP contribution in [0.1, 0.15) is 39.0 Å². The van der Waals surface area contributed by atoms with Gasteiger partial charge in [0.15, 0.2) is 0 Å². The molecule has 0 aromatic carbocycles. The van der Waals surface area contributed by atoms with Crippen molar-refractivity contribution in [2.45, 2.75) is 46.7 Å². The number of rotatable bonds is 4. The van der Waals surface area contributed by atoms with Crippen LogP contribution >= 0.6 is 0 Å². The van der Waals surface area contributed by atoms with Crippen LogP contribution in [0.25, 0.3) is 11.3 Å². The van der Waals surface area contributed by atoms with Gasteiger partial charge in [0.2, 0.25) is 0 Å². The smallest absolute Gasteiger partial charge is 0.100 e. The van der Waals surface area contributed by atoms with E-state index in [0.29, 0.717) is 0 Å². The van der Waals surface area contributed by atoms with Crippen molar-refractivity contribution in [3.63, 3.8) is 0 Å². The highest BCUT2D eigenvalue weighted by molar-refractivity contribution is 5.64. The molecule has 20 heavy (non-hydrogen) atoms. The molecule has 0 bridgehead atoms. The Morgan fingerprint density at radius 3 is 2.45 bits per heavy atom. The normalized spacial score (nSPS) is 12.1. The second-order valence-corrected chi connectivity index (χ2v) is 6.20. The number of nitrogens with zero attached hydrogens (tertiary/aromatic N) is 4. The molecular formula is C15H25N5. The first kappa shape index (κ1) is 14.8. The second kappa shape index (κ2) is 5.40. The molecule has 2 aromatic heterocycles. The lowest BCUT2D eigenvalue weighted by molar-refractivity contribution is 0.354. The Labute approximate surface area is 121 Å². The molecule has 0 atom stereocenters. The quantitative estimate of drug-likeness (QED) is 0.932. The first-order chi connectivity index (χ1) is 9.32. The SMILES string of the molecule is CCNCc1cn(C)nc1-c1cn(C(C)(C)C)nc1C. The molecule has 0 amide bonds. The van der Waals surface area contributed by atoms with E-state index in [-0.39, 0.29) is 5.54 Å². The molecule has 0 fully saturated rings. The summed E-state index contributed by atoms with van der Waals surface area (Å²) in [6, 6.07) is 0. The topological polar surface area (TPSA) is 47.7 Å². The Bertz CT molecular complexity index is 586. The number of hydrogen-bond acceptors (Lipinski definition) is 3. The van der Waals surface area contributed by atoms with E-state index in [1.165, 1.54) is 5.56 Å². The van der Waals surface area contributed by atoms with Gasteiger partial charge in [0.25, 0.3) is 0 Å². The van der Waals surface area contributed by atoms with E-state index in [1.807, 2.05) is 23.3 Å². The van der Waals surface area contributed by atoms with Gasteiger partial charge in [0, 0.05) is 37.1 Å². The Morgan fingerprint density at radius 2 is 1.90 bits per heavy atom. The summed E-state index contributed by atoms with van der Waals surface area (Å²) in [5, 5.41) is 12.6. The summed E-state index contributed by atoms with van der Waals surface area (Å²) in [7, 11) is 1.96. The summed E-state index contributed by atoms with van der Waals surface area (Å²) in [6.07, 6.45) is 4.18. The molecule has 110 valence electrons. The minimum absolute atomic E-state index is 0.0143. The third-order valence-corrected chi connectivity index (χ3v) is 3.31.